The molecule has 0 radical (unpaired) electrons. The Hall–Kier alpha value is -2.79. The van der Waals surface area contributed by atoms with Crippen LogP contribution in [0.2, 0.25) is 0 Å². The summed E-state index contributed by atoms with van der Waals surface area (Å²) in [5.41, 5.74) is 3.76. The van der Waals surface area contributed by atoms with Gasteiger partial charge in [0.05, 0.1) is 5.39 Å². The first-order chi connectivity index (χ1) is 13.9. The number of anilines is 1. The van der Waals surface area contributed by atoms with E-state index in [9.17, 15) is 0 Å². The number of aromatic nitrogens is 3. The van der Waals surface area contributed by atoms with Crippen molar-refractivity contribution >= 4 is 27.4 Å². The summed E-state index contributed by atoms with van der Waals surface area (Å²) in [6, 6.07) is 14.5. The van der Waals surface area contributed by atoms with Crippen molar-refractivity contribution in [2.75, 3.05) is 11.9 Å². The van der Waals surface area contributed by atoms with Crippen molar-refractivity contribution in [2.24, 2.45) is 0 Å². The first-order valence-electron chi connectivity index (χ1n) is 9.89. The van der Waals surface area contributed by atoms with Gasteiger partial charge in [-0.1, -0.05) is 30.3 Å². The molecule has 1 N–H and O–H groups in total. The van der Waals surface area contributed by atoms with Gasteiger partial charge in [0.25, 0.3) is 0 Å². The van der Waals surface area contributed by atoms with Gasteiger partial charge in [-0.2, -0.15) is 0 Å². The van der Waals surface area contributed by atoms with E-state index < -0.39 is 0 Å². The first kappa shape index (κ1) is 17.3. The fraction of sp³-hybridized carbons (Fsp3) is 0.261. The third kappa shape index (κ3) is 3.38. The third-order valence-corrected chi connectivity index (χ3v) is 6.47. The van der Waals surface area contributed by atoms with Crippen LogP contribution in [0.15, 0.2) is 54.9 Å². The molecule has 0 unspecified atom stereocenters. The standard InChI is InChI=1S/C23H22N4S/c1-2-7-16(8-3-1)12-14-25-22-20-18-10-4-5-11-19(18)28-23(20)27-21(26-22)17-9-6-13-24-15-17/h1-3,6-9,13,15H,4-5,10-12,14H2,(H,25,26,27). The summed E-state index contributed by atoms with van der Waals surface area (Å²) in [6.45, 7) is 0.854. The highest BCUT2D eigenvalue weighted by Gasteiger charge is 2.21. The number of pyridine rings is 1. The Bertz CT molecular complexity index is 1090. The van der Waals surface area contributed by atoms with E-state index in [-0.39, 0.29) is 0 Å². The Labute approximate surface area is 168 Å². The van der Waals surface area contributed by atoms with E-state index in [1.807, 2.05) is 29.7 Å². The largest absolute Gasteiger partial charge is 0.369 e. The predicted octanol–water partition coefficient (Wildman–Crippen LogP) is 5.29. The molecule has 0 fully saturated rings. The minimum atomic E-state index is 0.751. The third-order valence-electron chi connectivity index (χ3n) is 5.28. The summed E-state index contributed by atoms with van der Waals surface area (Å²) in [5, 5.41) is 4.85. The second-order valence-electron chi connectivity index (χ2n) is 7.19. The van der Waals surface area contributed by atoms with Gasteiger partial charge in [0.1, 0.15) is 10.6 Å². The fourth-order valence-electron chi connectivity index (χ4n) is 3.88. The topological polar surface area (TPSA) is 50.7 Å². The van der Waals surface area contributed by atoms with Gasteiger partial charge in [0, 0.05) is 29.4 Å². The number of hydrogen-bond acceptors (Lipinski definition) is 5. The van der Waals surface area contributed by atoms with Gasteiger partial charge < -0.3 is 5.32 Å². The molecule has 0 saturated carbocycles. The number of nitrogens with zero attached hydrogens (tertiary/aromatic N) is 3. The molecule has 5 rings (SSSR count). The van der Waals surface area contributed by atoms with Crippen LogP contribution in [0.1, 0.15) is 28.8 Å². The maximum Gasteiger partial charge on any atom is 0.164 e. The fourth-order valence-corrected chi connectivity index (χ4v) is 5.14. The van der Waals surface area contributed by atoms with Crippen molar-refractivity contribution in [2.45, 2.75) is 32.1 Å². The van der Waals surface area contributed by atoms with Gasteiger partial charge >= 0.3 is 0 Å². The van der Waals surface area contributed by atoms with Crippen molar-refractivity contribution in [3.8, 4) is 11.4 Å². The molecule has 0 spiro atoms. The van der Waals surface area contributed by atoms with Crippen LogP contribution in [0, 0.1) is 0 Å². The highest BCUT2D eigenvalue weighted by molar-refractivity contribution is 7.19. The number of hydrogen-bond donors (Lipinski definition) is 1. The predicted molar refractivity (Wildman–Crippen MR) is 116 cm³/mol. The van der Waals surface area contributed by atoms with E-state index in [1.54, 1.807) is 6.20 Å². The molecule has 1 aromatic carbocycles. The molecule has 140 valence electrons. The van der Waals surface area contributed by atoms with Gasteiger partial charge in [-0.05, 0) is 55.4 Å². The summed E-state index contributed by atoms with van der Waals surface area (Å²) < 4.78 is 0. The summed E-state index contributed by atoms with van der Waals surface area (Å²) in [6.07, 6.45) is 9.43. The molecule has 1 aliphatic rings. The number of thiophene rings is 1. The van der Waals surface area contributed by atoms with Crippen LogP contribution in [0.4, 0.5) is 5.82 Å². The molecule has 4 aromatic rings. The van der Waals surface area contributed by atoms with Crippen molar-refractivity contribution in [1.82, 2.24) is 15.0 Å². The summed E-state index contributed by atoms with van der Waals surface area (Å²) in [4.78, 5) is 16.7. The lowest BCUT2D eigenvalue weighted by atomic mass is 9.97. The molecular formula is C23H22N4S. The van der Waals surface area contributed by atoms with E-state index in [1.165, 1.54) is 40.7 Å². The molecule has 28 heavy (non-hydrogen) atoms. The van der Waals surface area contributed by atoms with E-state index in [4.69, 9.17) is 9.97 Å². The van der Waals surface area contributed by atoms with Gasteiger partial charge in [-0.15, -0.1) is 11.3 Å². The van der Waals surface area contributed by atoms with Crippen LogP contribution in [0.5, 0.6) is 0 Å². The Kier molecular flexibility index (Phi) is 4.75. The molecule has 0 bridgehead atoms. The van der Waals surface area contributed by atoms with Crippen molar-refractivity contribution in [3.63, 3.8) is 0 Å². The van der Waals surface area contributed by atoms with E-state index >= 15 is 0 Å². The zero-order valence-electron chi connectivity index (χ0n) is 15.7. The van der Waals surface area contributed by atoms with Crippen LogP contribution in [0.25, 0.3) is 21.6 Å². The number of benzene rings is 1. The average Bonchev–Trinajstić information content (AvgIpc) is 3.14. The normalized spacial score (nSPS) is 13.4. The second-order valence-corrected chi connectivity index (χ2v) is 8.27. The number of aryl methyl sites for hydroxylation is 2. The van der Waals surface area contributed by atoms with Crippen molar-refractivity contribution in [1.29, 1.82) is 0 Å². The quantitative estimate of drug-likeness (QED) is 0.506. The minimum absolute atomic E-state index is 0.751. The van der Waals surface area contributed by atoms with Crippen LogP contribution in [0.3, 0.4) is 0 Å². The zero-order chi connectivity index (χ0) is 18.8. The molecule has 0 amide bonds. The Morgan fingerprint density at radius 3 is 2.71 bits per heavy atom. The Balaban J connectivity index is 1.53. The highest BCUT2D eigenvalue weighted by Crippen LogP contribution is 2.39. The summed E-state index contributed by atoms with van der Waals surface area (Å²) >= 11 is 1.84. The van der Waals surface area contributed by atoms with Crippen LogP contribution >= 0.6 is 11.3 Å². The maximum absolute atomic E-state index is 4.93. The highest BCUT2D eigenvalue weighted by atomic mass is 32.1. The molecule has 0 atom stereocenters. The van der Waals surface area contributed by atoms with Gasteiger partial charge in [0.2, 0.25) is 0 Å². The molecule has 5 heteroatoms. The lowest BCUT2D eigenvalue weighted by molar-refractivity contribution is 0.700. The Morgan fingerprint density at radius 1 is 0.964 bits per heavy atom. The second kappa shape index (κ2) is 7.68. The van der Waals surface area contributed by atoms with Crippen molar-refractivity contribution in [3.05, 3.63) is 70.9 Å². The Morgan fingerprint density at radius 2 is 1.86 bits per heavy atom. The number of fused-ring (bicyclic) bond motifs is 3. The molecule has 0 aliphatic heterocycles. The van der Waals surface area contributed by atoms with Crippen LogP contribution in [-0.4, -0.2) is 21.5 Å². The SMILES string of the molecule is c1ccc(CCNc2nc(-c3cccnc3)nc3sc4c(c23)CCCC4)cc1. The molecule has 3 heterocycles. The lowest BCUT2D eigenvalue weighted by Crippen LogP contribution is -2.09. The van der Waals surface area contributed by atoms with Crippen LogP contribution in [-0.2, 0) is 19.3 Å². The molecule has 4 nitrogen and oxygen atoms in total. The molecule has 1 aliphatic carbocycles. The smallest absolute Gasteiger partial charge is 0.164 e. The van der Waals surface area contributed by atoms with Gasteiger partial charge in [0.15, 0.2) is 5.82 Å². The zero-order valence-corrected chi connectivity index (χ0v) is 16.5. The van der Waals surface area contributed by atoms with E-state index in [0.29, 0.717) is 0 Å². The monoisotopic (exact) mass is 386 g/mol. The van der Waals surface area contributed by atoms with Gasteiger partial charge in [-0.25, -0.2) is 9.97 Å². The molecule has 0 saturated heterocycles. The first-order valence-corrected chi connectivity index (χ1v) is 10.7. The minimum Gasteiger partial charge on any atom is -0.369 e. The number of rotatable bonds is 5. The summed E-state index contributed by atoms with van der Waals surface area (Å²) in [5.74, 6) is 1.72. The van der Waals surface area contributed by atoms with E-state index in [0.717, 1.165) is 41.4 Å². The van der Waals surface area contributed by atoms with E-state index in [2.05, 4.69) is 40.6 Å². The van der Waals surface area contributed by atoms with Crippen molar-refractivity contribution < 1.29 is 0 Å². The average molecular weight is 387 g/mol. The van der Waals surface area contributed by atoms with Gasteiger partial charge in [-0.3, -0.25) is 4.98 Å². The maximum atomic E-state index is 4.93. The lowest BCUT2D eigenvalue weighted by Gasteiger charge is -2.13. The number of nitrogens with one attached hydrogen (secondary N) is 1. The molecular weight excluding hydrogens is 364 g/mol. The molecule has 3 aromatic heterocycles. The summed E-state index contributed by atoms with van der Waals surface area (Å²) in [7, 11) is 0. The van der Waals surface area contributed by atoms with Crippen LogP contribution < -0.4 is 5.32 Å².